The first-order valence-corrected chi connectivity index (χ1v) is 21.8. The second kappa shape index (κ2) is 12.0. The Labute approximate surface area is 318 Å². The Morgan fingerprint density at radius 3 is 1.27 bits per heavy atom. The van der Waals surface area contributed by atoms with E-state index >= 15 is 0 Å². The zero-order chi connectivity index (χ0) is 40.4. The molecule has 0 aromatic heterocycles. The summed E-state index contributed by atoms with van der Waals surface area (Å²) in [4.78, 5) is 11.4. The second-order valence-electron chi connectivity index (χ2n) is 12.8. The molecular weight excluding hydrogens is 813 g/mol. The first kappa shape index (κ1) is 37.0. The summed E-state index contributed by atoms with van der Waals surface area (Å²) in [5.74, 6) is -1.57. The number of hydrogen-bond donors (Lipinski definition) is 6. The molecule has 0 unspecified atom stereocenters. The molecule has 0 radical (unpaired) electrons. The van der Waals surface area contributed by atoms with Crippen molar-refractivity contribution in [3.05, 3.63) is 96.1 Å². The maximum Gasteiger partial charge on any atom is 0.323 e. The topological polar surface area (TPSA) is 265 Å². The third-order valence-electron chi connectivity index (χ3n) is 9.69. The summed E-state index contributed by atoms with van der Waals surface area (Å²) in [5, 5.41) is 26.5. The van der Waals surface area contributed by atoms with Gasteiger partial charge in [0.15, 0.2) is 0 Å². The lowest BCUT2D eigenvalue weighted by atomic mass is 10.1. The van der Waals surface area contributed by atoms with Crippen molar-refractivity contribution in [3.8, 4) is 11.5 Å². The molecule has 6 N–H and O–H groups in total. The lowest BCUT2D eigenvalue weighted by Crippen LogP contribution is -2.35. The van der Waals surface area contributed by atoms with Crippen LogP contribution >= 0.6 is 0 Å². The molecule has 4 aliphatic rings. The number of fused-ring (bicyclic) bond motifs is 8. The van der Waals surface area contributed by atoms with E-state index in [-0.39, 0.29) is 76.6 Å². The quantitative estimate of drug-likeness (QED) is 0.108. The number of nitrogens with zero attached hydrogens (tertiary/aromatic N) is 2. The third-order valence-corrected chi connectivity index (χ3v) is 15.0. The molecule has 6 aromatic rings. The van der Waals surface area contributed by atoms with Crippen LogP contribution in [0.15, 0.2) is 105 Å². The molecule has 4 bridgehead atoms. The maximum atomic E-state index is 14.1. The Bertz CT molecular complexity index is 3050. The van der Waals surface area contributed by atoms with Gasteiger partial charge in [0.25, 0.3) is 40.3 Å². The van der Waals surface area contributed by atoms with Crippen LogP contribution in [-0.2, 0) is 40.3 Å². The van der Waals surface area contributed by atoms with Gasteiger partial charge in [0.2, 0.25) is 0 Å². The summed E-state index contributed by atoms with van der Waals surface area (Å²) < 4.78 is 125. The number of hydrogen-bond acceptors (Lipinski definition) is 11. The van der Waals surface area contributed by atoms with Gasteiger partial charge in [0, 0.05) is 21.5 Å². The van der Waals surface area contributed by atoms with Gasteiger partial charge in [-0.15, -0.1) is 0 Å². The zero-order valence-electron chi connectivity index (χ0n) is 28.6. The van der Waals surface area contributed by atoms with E-state index in [1.54, 1.807) is 13.8 Å². The van der Waals surface area contributed by atoms with E-state index in [1.807, 2.05) is 0 Å². The number of urea groups is 1. The predicted molar refractivity (Wildman–Crippen MR) is 205 cm³/mol. The van der Waals surface area contributed by atoms with Crippen molar-refractivity contribution in [2.24, 2.45) is 0 Å². The van der Waals surface area contributed by atoms with Crippen molar-refractivity contribution < 1.29 is 57.8 Å². The molecule has 288 valence electrons. The molecule has 0 atom stereocenters. The average Bonchev–Trinajstić information content (AvgIpc) is 3.10. The third kappa shape index (κ3) is 5.27. The van der Waals surface area contributed by atoms with Gasteiger partial charge in [-0.05, 0) is 73.5 Å². The number of rotatable bonds is 6. The van der Waals surface area contributed by atoms with Crippen LogP contribution in [0.1, 0.15) is 11.1 Å². The molecule has 2 amide bonds. The summed E-state index contributed by atoms with van der Waals surface area (Å²) in [7, 11) is -18.5. The molecule has 56 heavy (non-hydrogen) atoms. The van der Waals surface area contributed by atoms with Gasteiger partial charge >= 0.3 is 6.03 Å². The van der Waals surface area contributed by atoms with Gasteiger partial charge in [0.1, 0.15) is 31.1 Å². The Hall–Kier alpha value is -5.97. The SMILES string of the molecule is Cc1c2ccc(c1NC(=O)Nc1c3ccc(c1C)N(c1cccc4c(O)c(S(=O)(=O)O)ccc14)S3(=O)=O)S(=O)(=O)N2c1cccc2c(O)c(S(=O)(=O)O)ccc12. The van der Waals surface area contributed by atoms with Crippen molar-refractivity contribution >= 4 is 102 Å². The molecule has 0 spiro atoms. The lowest BCUT2D eigenvalue weighted by Gasteiger charge is -2.35. The van der Waals surface area contributed by atoms with Gasteiger partial charge in [0.05, 0.1) is 34.1 Å². The molecule has 4 aliphatic heterocycles. The van der Waals surface area contributed by atoms with Crippen LogP contribution in [0, 0.1) is 13.8 Å². The minimum absolute atomic E-state index is 0.0358. The minimum Gasteiger partial charge on any atom is -0.506 e. The van der Waals surface area contributed by atoms with Crippen LogP contribution in [0.2, 0.25) is 0 Å². The van der Waals surface area contributed by atoms with Crippen molar-refractivity contribution in [3.63, 3.8) is 0 Å². The number of phenols is 2. The number of aromatic hydroxyl groups is 2. The summed E-state index contributed by atoms with van der Waals surface area (Å²) in [5.41, 5.74) is 0.637. The second-order valence-corrected chi connectivity index (χ2v) is 19.1. The van der Waals surface area contributed by atoms with Crippen LogP contribution in [-0.4, -0.2) is 59.0 Å². The molecule has 17 nitrogen and oxygen atoms in total. The van der Waals surface area contributed by atoms with Gasteiger partial charge in [-0.1, -0.05) is 36.4 Å². The molecular formula is C35H26N4O13S4. The molecule has 0 saturated heterocycles. The van der Waals surface area contributed by atoms with Gasteiger partial charge < -0.3 is 20.8 Å². The number of nitrogens with one attached hydrogen (secondary N) is 2. The number of carbonyl (C=O) groups excluding carboxylic acids is 1. The highest BCUT2D eigenvalue weighted by atomic mass is 32.2. The summed E-state index contributed by atoms with van der Waals surface area (Å²) in [6.45, 7) is 3.08. The van der Waals surface area contributed by atoms with Crippen molar-refractivity contribution in [1.82, 2.24) is 0 Å². The predicted octanol–water partition coefficient (Wildman–Crippen LogP) is 5.84. The van der Waals surface area contributed by atoms with E-state index < -0.39 is 67.6 Å². The summed E-state index contributed by atoms with van der Waals surface area (Å²) >= 11 is 0. The van der Waals surface area contributed by atoms with Crippen LogP contribution in [0.25, 0.3) is 21.5 Å². The van der Waals surface area contributed by atoms with E-state index in [0.29, 0.717) is 0 Å². The van der Waals surface area contributed by atoms with Crippen LogP contribution in [0.3, 0.4) is 0 Å². The van der Waals surface area contributed by atoms with Crippen molar-refractivity contribution in [2.45, 2.75) is 33.4 Å². The number of anilines is 6. The van der Waals surface area contributed by atoms with Crippen LogP contribution in [0.5, 0.6) is 11.5 Å². The molecule has 0 fully saturated rings. The lowest BCUT2D eigenvalue weighted by molar-refractivity contribution is 0.262. The Morgan fingerprint density at radius 1 is 0.536 bits per heavy atom. The van der Waals surface area contributed by atoms with Crippen LogP contribution < -0.4 is 19.2 Å². The number of sulfonamides is 2. The van der Waals surface area contributed by atoms with Crippen LogP contribution in [0.4, 0.5) is 38.9 Å². The summed E-state index contributed by atoms with van der Waals surface area (Å²) in [6, 6.07) is 17.2. The van der Waals surface area contributed by atoms with E-state index in [0.717, 1.165) is 20.7 Å². The van der Waals surface area contributed by atoms with Gasteiger partial charge in [-0.2, -0.15) is 16.8 Å². The molecule has 0 aliphatic carbocycles. The van der Waals surface area contributed by atoms with Crippen molar-refractivity contribution in [1.29, 1.82) is 0 Å². The molecule has 0 saturated carbocycles. The maximum absolute atomic E-state index is 14.1. The first-order chi connectivity index (χ1) is 26.2. The first-order valence-electron chi connectivity index (χ1n) is 16.1. The minimum atomic E-state index is -4.81. The molecule has 21 heteroatoms. The van der Waals surface area contributed by atoms with E-state index in [4.69, 9.17) is 0 Å². The Balaban J connectivity index is 1.14. The average molecular weight is 839 g/mol. The largest absolute Gasteiger partial charge is 0.506 e. The number of amides is 2. The van der Waals surface area contributed by atoms with E-state index in [2.05, 4.69) is 10.6 Å². The normalized spacial score (nSPS) is 15.4. The van der Waals surface area contributed by atoms with Gasteiger partial charge in [-0.25, -0.2) is 30.2 Å². The molecule has 4 heterocycles. The van der Waals surface area contributed by atoms with Crippen molar-refractivity contribution in [2.75, 3.05) is 19.2 Å². The summed E-state index contributed by atoms with van der Waals surface area (Å²) in [6.07, 6.45) is 0. The number of phenolic OH excluding ortho intramolecular Hbond substituents is 2. The zero-order valence-corrected chi connectivity index (χ0v) is 31.8. The molecule has 10 rings (SSSR count). The van der Waals surface area contributed by atoms with E-state index in [1.165, 1.54) is 72.8 Å². The van der Waals surface area contributed by atoms with E-state index in [9.17, 15) is 57.8 Å². The van der Waals surface area contributed by atoms with Gasteiger partial charge in [-0.3, -0.25) is 9.11 Å². The smallest absolute Gasteiger partial charge is 0.323 e. The fourth-order valence-corrected chi connectivity index (χ4v) is 11.9. The number of benzene rings is 6. The molecule has 6 aromatic carbocycles. The highest BCUT2D eigenvalue weighted by Gasteiger charge is 2.41. The Morgan fingerprint density at radius 2 is 0.911 bits per heavy atom. The fraction of sp³-hybridized carbons (Fsp3) is 0.0571. The standard InChI is InChI=1S/C35H26N4O13S4/c1-17-23-11-15-27(53(43,44)38(23)25-7-3-5-21-19(25)9-13-29(33(21)40)55(47,48)49)31(17)36-35(42)37-32-18(2)24-12-16-28(32)54(45,46)39(24)26-8-4-6-22-20(26)10-14-30(34(22)41)56(50,51)52/h3-16,40-41H,1-2H3,(H2,36,37,42)(H,47,48,49)(H,50,51,52). The number of carbonyl (C=O) groups is 1. The Kier molecular flexibility index (Phi) is 7.93. The fourth-order valence-electron chi connectivity index (χ4n) is 7.15. The monoisotopic (exact) mass is 838 g/mol. The highest BCUT2D eigenvalue weighted by molar-refractivity contribution is 7.94. The highest BCUT2D eigenvalue weighted by Crippen LogP contribution is 2.51.